The number of hydrogen-bond donors (Lipinski definition) is 2. The van der Waals surface area contributed by atoms with Crippen LogP contribution in [0.1, 0.15) is 13.3 Å². The van der Waals surface area contributed by atoms with E-state index in [2.05, 4.69) is 10.3 Å². The predicted octanol–water partition coefficient (Wildman–Crippen LogP) is 1.57. The number of aromatic nitrogens is 1. The van der Waals surface area contributed by atoms with E-state index in [1.165, 1.54) is 6.20 Å². The van der Waals surface area contributed by atoms with Gasteiger partial charge in [0.05, 0.1) is 4.92 Å². The normalized spacial score (nSPS) is 12.1. The lowest BCUT2D eigenvalue weighted by atomic mass is 10.1. The van der Waals surface area contributed by atoms with Crippen molar-refractivity contribution < 1.29 is 14.8 Å². The number of aliphatic carboxylic acids is 1. The Hall–Kier alpha value is -1.70. The van der Waals surface area contributed by atoms with Gasteiger partial charge in [-0.05, 0) is 17.3 Å². The summed E-state index contributed by atoms with van der Waals surface area (Å²) in [6, 6.07) is 0. The summed E-state index contributed by atoms with van der Waals surface area (Å²) >= 11 is 0.933. The molecule has 0 aliphatic carbocycles. The lowest BCUT2D eigenvalue weighted by Gasteiger charge is -2.08. The lowest BCUT2D eigenvalue weighted by Crippen LogP contribution is -2.14. The van der Waals surface area contributed by atoms with Crippen LogP contribution < -0.4 is 5.32 Å². The van der Waals surface area contributed by atoms with Crippen LogP contribution in [-0.4, -0.2) is 27.5 Å². The minimum absolute atomic E-state index is 0.0339. The van der Waals surface area contributed by atoms with Crippen molar-refractivity contribution in [3.63, 3.8) is 0 Å². The zero-order chi connectivity index (χ0) is 12.1. The summed E-state index contributed by atoms with van der Waals surface area (Å²) in [7, 11) is 0. The molecule has 0 radical (unpaired) electrons. The first-order valence-electron chi connectivity index (χ1n) is 4.55. The molecule has 0 aromatic carbocycles. The number of hydrogen-bond acceptors (Lipinski definition) is 6. The number of anilines is 1. The van der Waals surface area contributed by atoms with Gasteiger partial charge in [-0.1, -0.05) is 6.92 Å². The van der Waals surface area contributed by atoms with Crippen LogP contribution in [0.25, 0.3) is 0 Å². The van der Waals surface area contributed by atoms with E-state index in [0.717, 1.165) is 11.3 Å². The molecule has 1 aromatic heterocycles. The van der Waals surface area contributed by atoms with Gasteiger partial charge in [-0.25, -0.2) is 4.98 Å². The van der Waals surface area contributed by atoms with E-state index < -0.39 is 10.9 Å². The summed E-state index contributed by atoms with van der Waals surface area (Å²) in [6.45, 7) is 2.21. The molecule has 0 spiro atoms. The Balaban J connectivity index is 2.42. The Morgan fingerprint density at radius 2 is 2.50 bits per heavy atom. The first kappa shape index (κ1) is 12.4. The maximum atomic E-state index is 10.4. The molecule has 7 nitrogen and oxygen atoms in total. The van der Waals surface area contributed by atoms with E-state index in [4.69, 9.17) is 5.11 Å². The van der Waals surface area contributed by atoms with Gasteiger partial charge < -0.3 is 10.4 Å². The second-order valence-corrected chi connectivity index (χ2v) is 4.35. The summed E-state index contributed by atoms with van der Waals surface area (Å²) in [6.07, 6.45) is 1.23. The van der Waals surface area contributed by atoms with Crippen molar-refractivity contribution in [1.29, 1.82) is 0 Å². The molecule has 0 fully saturated rings. The van der Waals surface area contributed by atoms with Crippen LogP contribution in [0.2, 0.25) is 0 Å². The molecule has 0 amide bonds. The zero-order valence-corrected chi connectivity index (χ0v) is 9.36. The third-order valence-corrected chi connectivity index (χ3v) is 2.70. The van der Waals surface area contributed by atoms with Crippen molar-refractivity contribution >= 4 is 27.4 Å². The van der Waals surface area contributed by atoms with E-state index in [1.807, 2.05) is 0 Å². The first-order chi connectivity index (χ1) is 7.49. The minimum atomic E-state index is -0.862. The van der Waals surface area contributed by atoms with Crippen LogP contribution in [0.3, 0.4) is 0 Å². The highest BCUT2D eigenvalue weighted by molar-refractivity contribution is 7.18. The highest BCUT2D eigenvalue weighted by Gasteiger charge is 2.12. The molecule has 1 rings (SSSR count). The molecule has 0 saturated heterocycles. The van der Waals surface area contributed by atoms with Crippen molar-refractivity contribution in [3.05, 3.63) is 16.3 Å². The van der Waals surface area contributed by atoms with Crippen LogP contribution in [0.4, 0.5) is 10.1 Å². The van der Waals surface area contributed by atoms with Crippen LogP contribution >= 0.6 is 11.3 Å². The topological polar surface area (TPSA) is 105 Å². The standard InChI is InChI=1S/C8H11N3O4S/c1-5(2-7(12)13)3-9-8-10-4-6(16-8)11(14)15/h4-5H,2-3H2,1H3,(H,9,10)(H,12,13). The second kappa shape index (κ2) is 5.40. The monoisotopic (exact) mass is 245 g/mol. The van der Waals surface area contributed by atoms with Gasteiger partial charge in [0.15, 0.2) is 5.13 Å². The van der Waals surface area contributed by atoms with E-state index >= 15 is 0 Å². The summed E-state index contributed by atoms with van der Waals surface area (Å²) in [4.78, 5) is 24.0. The van der Waals surface area contributed by atoms with E-state index in [0.29, 0.717) is 11.7 Å². The van der Waals surface area contributed by atoms with Gasteiger partial charge in [0.2, 0.25) is 0 Å². The SMILES string of the molecule is CC(CNc1ncc([N+](=O)[O-])s1)CC(=O)O. The quantitative estimate of drug-likeness (QED) is 0.582. The third-order valence-electron chi connectivity index (χ3n) is 1.80. The molecule has 8 heteroatoms. The van der Waals surface area contributed by atoms with Crippen molar-refractivity contribution in [1.82, 2.24) is 4.98 Å². The minimum Gasteiger partial charge on any atom is -0.481 e. The largest absolute Gasteiger partial charge is 0.481 e. The number of rotatable bonds is 6. The highest BCUT2D eigenvalue weighted by Crippen LogP contribution is 2.25. The summed E-state index contributed by atoms with van der Waals surface area (Å²) in [5, 5.41) is 22.2. The van der Waals surface area contributed by atoms with Gasteiger partial charge in [0.25, 0.3) is 0 Å². The third kappa shape index (κ3) is 3.81. The summed E-state index contributed by atoms with van der Waals surface area (Å²) in [5.74, 6) is -0.917. The predicted molar refractivity (Wildman–Crippen MR) is 58.7 cm³/mol. The van der Waals surface area contributed by atoms with Crippen LogP contribution in [-0.2, 0) is 4.79 Å². The second-order valence-electron chi connectivity index (χ2n) is 3.34. The van der Waals surface area contributed by atoms with E-state index in [1.54, 1.807) is 6.92 Å². The smallest absolute Gasteiger partial charge is 0.345 e. The number of carboxylic acids is 1. The summed E-state index contributed by atoms with van der Waals surface area (Å²) in [5.41, 5.74) is 0. The first-order valence-corrected chi connectivity index (χ1v) is 5.36. The Bertz CT molecular complexity index is 392. The fourth-order valence-corrected chi connectivity index (χ4v) is 1.70. The number of thiazole rings is 1. The van der Waals surface area contributed by atoms with E-state index in [-0.39, 0.29) is 17.3 Å². The molecule has 16 heavy (non-hydrogen) atoms. The summed E-state index contributed by atoms with van der Waals surface area (Å²) < 4.78 is 0. The molecular formula is C8H11N3O4S. The molecule has 0 bridgehead atoms. The van der Waals surface area contributed by atoms with E-state index in [9.17, 15) is 14.9 Å². The number of nitrogens with zero attached hydrogens (tertiary/aromatic N) is 2. The molecule has 0 saturated carbocycles. The molecule has 0 aliphatic rings. The van der Waals surface area contributed by atoms with Crippen LogP contribution in [0.5, 0.6) is 0 Å². The van der Waals surface area contributed by atoms with Crippen molar-refractivity contribution in [2.75, 3.05) is 11.9 Å². The van der Waals surface area contributed by atoms with Gasteiger partial charge in [0, 0.05) is 13.0 Å². The van der Waals surface area contributed by atoms with Gasteiger partial charge in [-0.2, -0.15) is 0 Å². The number of nitro groups is 1. The Morgan fingerprint density at radius 3 is 3.00 bits per heavy atom. The number of carboxylic acid groups (broad SMARTS) is 1. The van der Waals surface area contributed by atoms with Crippen LogP contribution in [0, 0.1) is 16.0 Å². The van der Waals surface area contributed by atoms with Gasteiger partial charge in [-0.3, -0.25) is 14.9 Å². The Labute approximate surface area is 95.3 Å². The average Bonchev–Trinajstić information content (AvgIpc) is 2.61. The zero-order valence-electron chi connectivity index (χ0n) is 8.54. The van der Waals surface area contributed by atoms with Crippen molar-refractivity contribution in [3.8, 4) is 0 Å². The van der Waals surface area contributed by atoms with Gasteiger partial charge >= 0.3 is 11.0 Å². The Morgan fingerprint density at radius 1 is 1.81 bits per heavy atom. The molecule has 1 atom stereocenters. The molecule has 1 aromatic rings. The lowest BCUT2D eigenvalue weighted by molar-refractivity contribution is -0.380. The fraction of sp³-hybridized carbons (Fsp3) is 0.500. The Kier molecular flexibility index (Phi) is 4.18. The number of nitrogens with one attached hydrogen (secondary N) is 1. The van der Waals surface area contributed by atoms with Gasteiger partial charge in [0.1, 0.15) is 6.20 Å². The molecule has 1 unspecified atom stereocenters. The molecule has 1 heterocycles. The van der Waals surface area contributed by atoms with Crippen molar-refractivity contribution in [2.24, 2.45) is 5.92 Å². The molecule has 0 aliphatic heterocycles. The average molecular weight is 245 g/mol. The molecular weight excluding hydrogens is 234 g/mol. The molecule has 2 N–H and O–H groups in total. The fourth-order valence-electron chi connectivity index (χ4n) is 1.06. The maximum Gasteiger partial charge on any atom is 0.345 e. The van der Waals surface area contributed by atoms with Crippen LogP contribution in [0.15, 0.2) is 6.20 Å². The van der Waals surface area contributed by atoms with Gasteiger partial charge in [-0.15, -0.1) is 0 Å². The molecule has 88 valence electrons. The highest BCUT2D eigenvalue weighted by atomic mass is 32.1. The van der Waals surface area contributed by atoms with Crippen molar-refractivity contribution in [2.45, 2.75) is 13.3 Å². The maximum absolute atomic E-state index is 10.4. The number of carbonyl (C=O) groups is 1.